The fourth-order valence-corrected chi connectivity index (χ4v) is 3.67. The van der Waals surface area contributed by atoms with Gasteiger partial charge in [0, 0.05) is 29.2 Å². The zero-order valence-electron chi connectivity index (χ0n) is 15.0. The normalized spacial score (nSPS) is 12.3. The summed E-state index contributed by atoms with van der Waals surface area (Å²) >= 11 is 0. The highest BCUT2D eigenvalue weighted by molar-refractivity contribution is 7.92. The number of anilines is 2. The van der Waals surface area contributed by atoms with Crippen LogP contribution in [0.25, 0.3) is 22.2 Å². The number of aryl methyl sites for hydroxylation is 1. The Morgan fingerprint density at radius 2 is 1.79 bits per heavy atom. The molecule has 0 fully saturated rings. The van der Waals surface area contributed by atoms with Gasteiger partial charge in [-0.25, -0.2) is 8.42 Å². The minimum Gasteiger partial charge on any atom is -0.406 e. The number of aromatic nitrogens is 1. The second-order valence-corrected chi connectivity index (χ2v) is 7.93. The molecule has 0 aliphatic rings. The van der Waals surface area contributed by atoms with Crippen LogP contribution in [0.5, 0.6) is 5.75 Å². The second-order valence-electron chi connectivity index (χ2n) is 6.18. The summed E-state index contributed by atoms with van der Waals surface area (Å²) in [6, 6.07) is 10.6. The van der Waals surface area contributed by atoms with E-state index in [4.69, 9.17) is 5.73 Å². The predicted molar refractivity (Wildman–Crippen MR) is 103 cm³/mol. The Balaban J connectivity index is 2.09. The van der Waals surface area contributed by atoms with Crippen LogP contribution in [0.4, 0.5) is 24.5 Å². The van der Waals surface area contributed by atoms with Crippen LogP contribution in [0.2, 0.25) is 0 Å². The lowest BCUT2D eigenvalue weighted by Crippen LogP contribution is -2.17. The van der Waals surface area contributed by atoms with Gasteiger partial charge < -0.3 is 15.0 Å². The Morgan fingerprint density at radius 1 is 1.14 bits per heavy atom. The monoisotopic (exact) mass is 413 g/mol. The van der Waals surface area contributed by atoms with Gasteiger partial charge in [0.25, 0.3) is 0 Å². The van der Waals surface area contributed by atoms with E-state index in [0.29, 0.717) is 40.1 Å². The van der Waals surface area contributed by atoms with Crippen molar-refractivity contribution in [2.75, 3.05) is 16.7 Å². The van der Waals surface area contributed by atoms with Crippen molar-refractivity contribution in [3.05, 3.63) is 42.5 Å². The number of nitrogen functional groups attached to an aromatic ring is 1. The minimum absolute atomic E-state index is 0.327. The van der Waals surface area contributed by atoms with Crippen molar-refractivity contribution in [1.82, 2.24) is 4.57 Å². The average molecular weight is 413 g/mol. The van der Waals surface area contributed by atoms with E-state index in [9.17, 15) is 21.6 Å². The topological polar surface area (TPSA) is 86.4 Å². The van der Waals surface area contributed by atoms with Crippen molar-refractivity contribution in [1.29, 1.82) is 0 Å². The molecule has 3 aromatic rings. The first-order valence-corrected chi connectivity index (χ1v) is 10.1. The Labute approximate surface area is 159 Å². The smallest absolute Gasteiger partial charge is 0.406 e. The fourth-order valence-electron chi connectivity index (χ4n) is 3.10. The van der Waals surface area contributed by atoms with Crippen LogP contribution in [0.3, 0.4) is 0 Å². The zero-order chi connectivity index (χ0) is 20.7. The number of halogens is 3. The van der Waals surface area contributed by atoms with Crippen LogP contribution < -0.4 is 15.2 Å². The van der Waals surface area contributed by atoms with E-state index in [1.807, 2.05) is 6.92 Å². The van der Waals surface area contributed by atoms with Gasteiger partial charge in [0.05, 0.1) is 23.2 Å². The Kier molecular flexibility index (Phi) is 4.92. The fraction of sp³-hybridized carbons (Fsp3) is 0.222. The van der Waals surface area contributed by atoms with E-state index in [2.05, 4.69) is 9.46 Å². The van der Waals surface area contributed by atoms with E-state index in [0.717, 1.165) is 6.26 Å². The summed E-state index contributed by atoms with van der Waals surface area (Å²) in [5.41, 5.74) is 8.92. The van der Waals surface area contributed by atoms with Gasteiger partial charge in [-0.1, -0.05) is 12.1 Å². The summed E-state index contributed by atoms with van der Waals surface area (Å²) in [6.45, 7) is 2.31. The maximum absolute atomic E-state index is 12.5. The third kappa shape index (κ3) is 4.16. The largest absolute Gasteiger partial charge is 0.573 e. The van der Waals surface area contributed by atoms with Crippen molar-refractivity contribution in [2.45, 2.75) is 19.8 Å². The molecule has 0 amide bonds. The number of ether oxygens (including phenoxy) is 1. The minimum atomic E-state index is -4.78. The average Bonchev–Trinajstić information content (AvgIpc) is 2.84. The highest BCUT2D eigenvalue weighted by Crippen LogP contribution is 2.38. The number of benzene rings is 2. The molecule has 6 nitrogen and oxygen atoms in total. The van der Waals surface area contributed by atoms with Gasteiger partial charge in [-0.2, -0.15) is 0 Å². The van der Waals surface area contributed by atoms with Gasteiger partial charge in [-0.3, -0.25) is 4.72 Å². The number of hydrogen-bond acceptors (Lipinski definition) is 4. The second kappa shape index (κ2) is 6.93. The third-order valence-corrected chi connectivity index (χ3v) is 4.69. The highest BCUT2D eigenvalue weighted by Gasteiger charge is 2.31. The number of alkyl halides is 3. The molecule has 0 saturated carbocycles. The molecule has 0 unspecified atom stereocenters. The van der Waals surface area contributed by atoms with E-state index < -0.39 is 16.4 Å². The molecule has 150 valence electrons. The molecule has 0 radical (unpaired) electrons. The third-order valence-electron chi connectivity index (χ3n) is 4.09. The summed E-state index contributed by atoms with van der Waals surface area (Å²) in [5.74, 6) is -0.327. The molecule has 0 aliphatic heterocycles. The van der Waals surface area contributed by atoms with Crippen molar-refractivity contribution in [3.63, 3.8) is 0 Å². The molecule has 0 saturated heterocycles. The van der Waals surface area contributed by atoms with Crippen LogP contribution in [0.15, 0.2) is 42.5 Å². The van der Waals surface area contributed by atoms with Crippen LogP contribution in [0, 0.1) is 0 Å². The number of nitrogens with two attached hydrogens (primary N) is 1. The molecule has 3 N–H and O–H groups in total. The number of nitrogens with one attached hydrogen (secondary N) is 1. The van der Waals surface area contributed by atoms with Gasteiger partial charge in [0.15, 0.2) is 0 Å². The van der Waals surface area contributed by atoms with Crippen LogP contribution >= 0.6 is 0 Å². The first-order chi connectivity index (χ1) is 13.0. The summed E-state index contributed by atoms with van der Waals surface area (Å²) in [4.78, 5) is 0. The molecular formula is C18H18F3N3O3S. The van der Waals surface area contributed by atoms with Gasteiger partial charge in [-0.05, 0) is 31.2 Å². The molecule has 2 aromatic carbocycles. The molecule has 0 spiro atoms. The number of nitrogens with zero attached hydrogens (tertiary/aromatic N) is 1. The summed E-state index contributed by atoms with van der Waals surface area (Å²) in [5, 5.41) is 0.602. The van der Waals surface area contributed by atoms with Gasteiger partial charge in [-0.15, -0.1) is 13.2 Å². The predicted octanol–water partition coefficient (Wildman–Crippen LogP) is 4.18. The molecule has 1 aromatic heterocycles. The standard InChI is InChI=1S/C18H18F3N3O3S/c1-3-24-15-10-13(27-18(19,20)21)8-9-14(15)16(22)17(24)11-4-6-12(7-5-11)23-28(2,25)26/h4-10,23H,3,22H2,1-2H3. The molecule has 1 heterocycles. The first-order valence-electron chi connectivity index (χ1n) is 8.24. The van der Waals surface area contributed by atoms with E-state index in [-0.39, 0.29) is 5.75 Å². The molecule has 10 heteroatoms. The molecule has 0 bridgehead atoms. The number of rotatable bonds is 5. The van der Waals surface area contributed by atoms with Gasteiger partial charge >= 0.3 is 6.36 Å². The molecule has 28 heavy (non-hydrogen) atoms. The summed E-state index contributed by atoms with van der Waals surface area (Å²) < 4.78 is 68.4. The van der Waals surface area contributed by atoms with Gasteiger partial charge in [0.1, 0.15) is 5.75 Å². The van der Waals surface area contributed by atoms with Crippen molar-refractivity contribution in [2.24, 2.45) is 0 Å². The van der Waals surface area contributed by atoms with Gasteiger partial charge in [0.2, 0.25) is 10.0 Å². The van der Waals surface area contributed by atoms with Crippen LogP contribution in [-0.4, -0.2) is 25.6 Å². The van der Waals surface area contributed by atoms with E-state index >= 15 is 0 Å². The van der Waals surface area contributed by atoms with Crippen LogP contribution in [-0.2, 0) is 16.6 Å². The molecule has 3 rings (SSSR count). The lowest BCUT2D eigenvalue weighted by atomic mass is 10.1. The summed E-state index contributed by atoms with van der Waals surface area (Å²) in [6.07, 6.45) is -3.73. The molecule has 0 aliphatic carbocycles. The SMILES string of the molecule is CCn1c(-c2ccc(NS(C)(=O)=O)cc2)c(N)c2ccc(OC(F)(F)F)cc21. The zero-order valence-corrected chi connectivity index (χ0v) is 15.9. The number of sulfonamides is 1. The number of hydrogen-bond donors (Lipinski definition) is 2. The Morgan fingerprint density at radius 3 is 2.32 bits per heavy atom. The lowest BCUT2D eigenvalue weighted by molar-refractivity contribution is -0.274. The Hall–Kier alpha value is -2.88. The number of fused-ring (bicyclic) bond motifs is 1. The van der Waals surface area contributed by atoms with E-state index in [1.54, 1.807) is 28.8 Å². The van der Waals surface area contributed by atoms with Crippen molar-refractivity contribution in [3.8, 4) is 17.0 Å². The van der Waals surface area contributed by atoms with Crippen LogP contribution in [0.1, 0.15) is 6.92 Å². The summed E-state index contributed by atoms with van der Waals surface area (Å²) in [7, 11) is -3.40. The Bertz CT molecular complexity index is 1120. The maximum atomic E-state index is 12.5. The van der Waals surface area contributed by atoms with E-state index in [1.165, 1.54) is 18.2 Å². The first kappa shape index (κ1) is 19.9. The lowest BCUT2D eigenvalue weighted by Gasteiger charge is -2.11. The highest BCUT2D eigenvalue weighted by atomic mass is 32.2. The molecule has 0 atom stereocenters. The quantitative estimate of drug-likeness (QED) is 0.657. The van der Waals surface area contributed by atoms with Crippen molar-refractivity contribution < 1.29 is 26.3 Å². The maximum Gasteiger partial charge on any atom is 0.573 e. The van der Waals surface area contributed by atoms with Crippen molar-refractivity contribution >= 4 is 32.3 Å². The molecular weight excluding hydrogens is 395 g/mol.